The van der Waals surface area contributed by atoms with E-state index in [9.17, 15) is 9.59 Å². The number of benzene rings is 2. The predicted molar refractivity (Wildman–Crippen MR) is 110 cm³/mol. The van der Waals surface area contributed by atoms with Gasteiger partial charge in [-0.15, -0.1) is 0 Å². The van der Waals surface area contributed by atoms with E-state index in [1.165, 1.54) is 7.11 Å². The number of esters is 1. The Bertz CT molecular complexity index is 1020. The van der Waals surface area contributed by atoms with Crippen LogP contribution in [0, 0.1) is 0 Å². The number of ether oxygens (including phenoxy) is 2. The molecule has 0 spiro atoms. The number of para-hydroxylation sites is 1. The lowest BCUT2D eigenvalue weighted by Gasteiger charge is -2.41. The Morgan fingerprint density at radius 2 is 1.66 bits per heavy atom. The average molecular weight is 390 g/mol. The van der Waals surface area contributed by atoms with Gasteiger partial charge >= 0.3 is 5.97 Å². The summed E-state index contributed by atoms with van der Waals surface area (Å²) in [7, 11) is 1.39. The van der Waals surface area contributed by atoms with Gasteiger partial charge in [-0.05, 0) is 55.5 Å². The molecule has 1 aliphatic heterocycles. The summed E-state index contributed by atoms with van der Waals surface area (Å²) in [6.45, 7) is 2.95. The number of nitrogens with zero attached hydrogens (tertiary/aromatic N) is 2. The van der Waals surface area contributed by atoms with Crippen LogP contribution in [0.5, 0.6) is 5.75 Å². The number of ketones is 1. The third-order valence-electron chi connectivity index (χ3n) is 5.04. The molecular weight excluding hydrogens is 368 g/mol. The van der Waals surface area contributed by atoms with Gasteiger partial charge in [0, 0.05) is 18.0 Å². The Labute approximate surface area is 169 Å². The van der Waals surface area contributed by atoms with E-state index in [1.54, 1.807) is 25.1 Å². The van der Waals surface area contributed by atoms with E-state index in [0.29, 0.717) is 24.2 Å². The molecule has 2 heterocycles. The average Bonchev–Trinajstić information content (AvgIpc) is 3.24. The lowest BCUT2D eigenvalue weighted by atomic mass is 10.1. The smallest absolute Gasteiger partial charge is 0.340 e. The second-order valence-electron chi connectivity index (χ2n) is 6.98. The van der Waals surface area contributed by atoms with Crippen molar-refractivity contribution in [1.82, 2.24) is 4.57 Å². The summed E-state index contributed by atoms with van der Waals surface area (Å²) >= 11 is 0. The van der Waals surface area contributed by atoms with Crippen LogP contribution in [0.3, 0.4) is 0 Å². The first-order chi connectivity index (χ1) is 14.1. The minimum absolute atomic E-state index is 0.0365. The molecule has 0 atom stereocenters. The predicted octanol–water partition coefficient (Wildman–Crippen LogP) is 3.73. The number of Topliss-reactive ketones (excluding diaryl/α,β-unsaturated/α-hetero) is 1. The first-order valence-electron chi connectivity index (χ1n) is 9.44. The molecule has 0 unspecified atom stereocenters. The summed E-state index contributed by atoms with van der Waals surface area (Å²) in [5.41, 5.74) is 2.94. The largest absolute Gasteiger partial charge is 0.487 e. The number of methoxy groups -OCH3 is 1. The van der Waals surface area contributed by atoms with Gasteiger partial charge in [0.2, 0.25) is 0 Å². The Morgan fingerprint density at radius 3 is 2.28 bits per heavy atom. The number of carbonyl (C=O) groups is 2. The SMILES string of the molecule is COC(=O)c1cccc(N2CC(Oc3ccc(C(C)=O)cc3)C2)c1-n1cccc1. The van der Waals surface area contributed by atoms with Gasteiger partial charge in [-0.1, -0.05) is 6.07 Å². The maximum absolute atomic E-state index is 12.3. The molecule has 1 saturated heterocycles. The molecule has 2 aromatic carbocycles. The van der Waals surface area contributed by atoms with Crippen LogP contribution in [0.4, 0.5) is 5.69 Å². The van der Waals surface area contributed by atoms with Gasteiger partial charge in [-0.2, -0.15) is 0 Å². The van der Waals surface area contributed by atoms with E-state index >= 15 is 0 Å². The highest BCUT2D eigenvalue weighted by atomic mass is 16.5. The van der Waals surface area contributed by atoms with Crippen LogP contribution >= 0.6 is 0 Å². The maximum atomic E-state index is 12.3. The zero-order valence-electron chi connectivity index (χ0n) is 16.4. The summed E-state index contributed by atoms with van der Waals surface area (Å²) < 4.78 is 12.9. The van der Waals surface area contributed by atoms with Gasteiger partial charge in [0.25, 0.3) is 0 Å². The normalized spacial score (nSPS) is 13.7. The van der Waals surface area contributed by atoms with Crippen molar-refractivity contribution in [3.8, 4) is 11.4 Å². The van der Waals surface area contributed by atoms with Crippen LogP contribution in [0.25, 0.3) is 5.69 Å². The van der Waals surface area contributed by atoms with Crippen molar-refractivity contribution >= 4 is 17.4 Å². The molecular formula is C23H22N2O4. The fourth-order valence-electron chi connectivity index (χ4n) is 3.49. The van der Waals surface area contributed by atoms with E-state index < -0.39 is 0 Å². The Hall–Kier alpha value is -3.54. The van der Waals surface area contributed by atoms with E-state index in [4.69, 9.17) is 9.47 Å². The fourth-order valence-corrected chi connectivity index (χ4v) is 3.49. The zero-order valence-corrected chi connectivity index (χ0v) is 16.4. The Kier molecular flexibility index (Phi) is 5.08. The number of rotatable bonds is 6. The molecule has 1 fully saturated rings. The fraction of sp³-hybridized carbons (Fsp3) is 0.217. The lowest BCUT2D eigenvalue weighted by Crippen LogP contribution is -2.54. The first-order valence-corrected chi connectivity index (χ1v) is 9.44. The molecule has 4 rings (SSSR count). The van der Waals surface area contributed by atoms with E-state index in [-0.39, 0.29) is 17.9 Å². The molecule has 6 heteroatoms. The highest BCUT2D eigenvalue weighted by Crippen LogP contribution is 2.33. The van der Waals surface area contributed by atoms with Crippen LogP contribution in [0.1, 0.15) is 27.6 Å². The van der Waals surface area contributed by atoms with Gasteiger partial charge in [-0.3, -0.25) is 4.79 Å². The zero-order chi connectivity index (χ0) is 20.4. The number of carbonyl (C=O) groups excluding carboxylic acids is 2. The van der Waals surface area contributed by atoms with Crippen molar-refractivity contribution in [3.05, 3.63) is 78.1 Å². The Balaban J connectivity index is 1.52. The first kappa shape index (κ1) is 18.8. The van der Waals surface area contributed by atoms with Crippen LogP contribution < -0.4 is 9.64 Å². The highest BCUT2D eigenvalue weighted by molar-refractivity contribution is 5.96. The number of aromatic nitrogens is 1. The topological polar surface area (TPSA) is 60.8 Å². The molecule has 29 heavy (non-hydrogen) atoms. The van der Waals surface area contributed by atoms with E-state index in [0.717, 1.165) is 17.1 Å². The molecule has 0 N–H and O–H groups in total. The van der Waals surface area contributed by atoms with Crippen molar-refractivity contribution in [2.24, 2.45) is 0 Å². The highest BCUT2D eigenvalue weighted by Gasteiger charge is 2.32. The quantitative estimate of drug-likeness (QED) is 0.474. The van der Waals surface area contributed by atoms with Gasteiger partial charge < -0.3 is 18.9 Å². The number of hydrogen-bond donors (Lipinski definition) is 0. The molecule has 1 aliphatic rings. The van der Waals surface area contributed by atoms with Crippen molar-refractivity contribution in [2.45, 2.75) is 13.0 Å². The second-order valence-corrected chi connectivity index (χ2v) is 6.98. The molecule has 0 aliphatic carbocycles. The van der Waals surface area contributed by atoms with Gasteiger partial charge in [0.05, 0.1) is 37.1 Å². The molecule has 0 saturated carbocycles. The molecule has 0 radical (unpaired) electrons. The van der Waals surface area contributed by atoms with Gasteiger partial charge in [0.1, 0.15) is 11.9 Å². The second kappa shape index (κ2) is 7.83. The van der Waals surface area contributed by atoms with Gasteiger partial charge in [-0.25, -0.2) is 4.79 Å². The van der Waals surface area contributed by atoms with Crippen LogP contribution in [-0.4, -0.2) is 42.6 Å². The minimum Gasteiger partial charge on any atom is -0.487 e. The molecule has 3 aromatic rings. The number of anilines is 1. The molecule has 1 aromatic heterocycles. The lowest BCUT2D eigenvalue weighted by molar-refractivity contribution is 0.0600. The third-order valence-corrected chi connectivity index (χ3v) is 5.04. The standard InChI is InChI=1S/C23H22N2O4/c1-16(26)17-8-10-18(11-9-17)29-19-14-25(15-19)21-7-5-6-20(23(27)28-2)22(21)24-12-3-4-13-24/h3-13,19H,14-15H2,1-2H3. The monoisotopic (exact) mass is 390 g/mol. The summed E-state index contributed by atoms with van der Waals surface area (Å²) in [4.78, 5) is 25.9. The Morgan fingerprint density at radius 1 is 0.966 bits per heavy atom. The maximum Gasteiger partial charge on any atom is 0.340 e. The minimum atomic E-state index is -0.366. The summed E-state index contributed by atoms with van der Waals surface area (Å²) in [6, 6.07) is 16.7. The van der Waals surface area contributed by atoms with Gasteiger partial charge in [0.15, 0.2) is 5.78 Å². The molecule has 148 valence electrons. The van der Waals surface area contributed by atoms with E-state index in [2.05, 4.69) is 4.90 Å². The third kappa shape index (κ3) is 3.74. The summed E-state index contributed by atoms with van der Waals surface area (Å²) in [6.07, 6.45) is 3.86. The van der Waals surface area contributed by atoms with Crippen molar-refractivity contribution in [1.29, 1.82) is 0 Å². The summed E-state index contributed by atoms with van der Waals surface area (Å²) in [5.74, 6) is 0.414. The van der Waals surface area contributed by atoms with E-state index in [1.807, 2.05) is 53.4 Å². The van der Waals surface area contributed by atoms with Crippen molar-refractivity contribution in [2.75, 3.05) is 25.1 Å². The molecule has 6 nitrogen and oxygen atoms in total. The number of hydrogen-bond acceptors (Lipinski definition) is 5. The van der Waals surface area contributed by atoms with Crippen molar-refractivity contribution < 1.29 is 19.1 Å². The molecule has 0 bridgehead atoms. The summed E-state index contributed by atoms with van der Waals surface area (Å²) in [5, 5.41) is 0. The molecule has 0 amide bonds. The van der Waals surface area contributed by atoms with Crippen LogP contribution in [0.2, 0.25) is 0 Å². The van der Waals surface area contributed by atoms with Crippen LogP contribution in [0.15, 0.2) is 67.0 Å². The van der Waals surface area contributed by atoms with Crippen molar-refractivity contribution in [3.63, 3.8) is 0 Å². The van der Waals surface area contributed by atoms with Crippen LogP contribution in [-0.2, 0) is 4.74 Å².